The predicted octanol–water partition coefficient (Wildman–Crippen LogP) is 8.63. The lowest BCUT2D eigenvalue weighted by Gasteiger charge is -2.25. The van der Waals surface area contributed by atoms with E-state index >= 15 is 8.78 Å². The molecule has 2 unspecified atom stereocenters. The molecule has 38 heavy (non-hydrogen) atoms. The van der Waals surface area contributed by atoms with Crippen molar-refractivity contribution in [3.05, 3.63) is 106 Å². The molecule has 2 nitrogen and oxygen atoms in total. The van der Waals surface area contributed by atoms with E-state index in [0.717, 1.165) is 12.1 Å². The Morgan fingerprint density at radius 2 is 0.895 bits per heavy atom. The number of phenolic OH excluding ortho intramolecular Hbond substituents is 2. The fourth-order valence-electron chi connectivity index (χ4n) is 5.51. The zero-order valence-electron chi connectivity index (χ0n) is 20.2. The van der Waals surface area contributed by atoms with Crippen molar-refractivity contribution in [3.8, 4) is 11.5 Å². The summed E-state index contributed by atoms with van der Waals surface area (Å²) in [6.45, 7) is 0. The van der Waals surface area contributed by atoms with Crippen molar-refractivity contribution in [2.45, 2.75) is 50.4 Å². The molecule has 0 bridgehead atoms. The number of hydrogen-bond donors (Lipinski definition) is 2. The van der Waals surface area contributed by atoms with E-state index in [1.165, 1.54) is 18.2 Å². The number of hydrogen-bond acceptors (Lipinski definition) is 2. The highest BCUT2D eigenvalue weighted by molar-refractivity contribution is 5.69. The van der Waals surface area contributed by atoms with Gasteiger partial charge in [0.05, 0.1) is 0 Å². The molecule has 5 rings (SSSR count). The molecular weight excluding hydrogens is 506 g/mol. The van der Waals surface area contributed by atoms with E-state index < -0.39 is 46.4 Å². The highest BCUT2D eigenvalue weighted by atomic mass is 19.2. The van der Waals surface area contributed by atoms with Gasteiger partial charge in [0.15, 0.2) is 34.8 Å². The van der Waals surface area contributed by atoms with E-state index in [-0.39, 0.29) is 34.1 Å². The molecule has 0 saturated carbocycles. The van der Waals surface area contributed by atoms with Gasteiger partial charge in [-0.1, -0.05) is 30.4 Å². The zero-order chi connectivity index (χ0) is 27.1. The Labute approximate surface area is 215 Å². The fourth-order valence-corrected chi connectivity index (χ4v) is 5.51. The number of rotatable bonds is 4. The van der Waals surface area contributed by atoms with Gasteiger partial charge in [-0.15, -0.1) is 0 Å². The van der Waals surface area contributed by atoms with Crippen LogP contribution in [-0.4, -0.2) is 10.2 Å². The van der Waals surface area contributed by atoms with Crippen LogP contribution >= 0.6 is 0 Å². The van der Waals surface area contributed by atoms with Crippen LogP contribution in [0, 0.1) is 34.9 Å². The molecule has 0 spiro atoms. The van der Waals surface area contributed by atoms with Crippen LogP contribution in [-0.2, 0) is 0 Å². The fraction of sp³-hybridized carbons (Fsp3) is 0.267. The highest BCUT2D eigenvalue weighted by Crippen LogP contribution is 2.42. The summed E-state index contributed by atoms with van der Waals surface area (Å²) in [6.07, 6.45) is 5.49. The van der Waals surface area contributed by atoms with Gasteiger partial charge in [-0.2, -0.15) is 8.78 Å². The Kier molecular flexibility index (Phi) is 6.99. The molecule has 3 aromatic carbocycles. The third-order valence-corrected chi connectivity index (χ3v) is 7.66. The number of allylic oxidation sites excluding steroid dienone is 4. The Morgan fingerprint density at radius 3 is 1.39 bits per heavy atom. The van der Waals surface area contributed by atoms with Gasteiger partial charge in [-0.3, -0.25) is 0 Å². The maximum absolute atomic E-state index is 15.2. The van der Waals surface area contributed by atoms with Crippen molar-refractivity contribution < 1.29 is 36.6 Å². The highest BCUT2D eigenvalue weighted by Gasteiger charge is 2.28. The van der Waals surface area contributed by atoms with Gasteiger partial charge in [0.25, 0.3) is 0 Å². The second-order valence-corrected chi connectivity index (χ2v) is 9.79. The summed E-state index contributed by atoms with van der Waals surface area (Å²) in [7, 11) is 0. The number of halogens is 6. The summed E-state index contributed by atoms with van der Waals surface area (Å²) < 4.78 is 86.4. The van der Waals surface area contributed by atoms with Crippen molar-refractivity contribution in [1.82, 2.24) is 0 Å². The summed E-state index contributed by atoms with van der Waals surface area (Å²) in [4.78, 5) is 0. The van der Waals surface area contributed by atoms with Gasteiger partial charge in [0.1, 0.15) is 0 Å². The second-order valence-electron chi connectivity index (χ2n) is 9.79. The van der Waals surface area contributed by atoms with Crippen LogP contribution in [0.25, 0.3) is 11.1 Å². The first kappa shape index (κ1) is 25.9. The maximum atomic E-state index is 15.2. The molecule has 2 N–H and O–H groups in total. The van der Waals surface area contributed by atoms with Crippen LogP contribution < -0.4 is 0 Å². The summed E-state index contributed by atoms with van der Waals surface area (Å²) in [5, 5.41) is 18.7. The smallest absolute Gasteiger partial charge is 0.200 e. The molecule has 0 aromatic heterocycles. The van der Waals surface area contributed by atoms with E-state index in [9.17, 15) is 27.8 Å². The minimum atomic E-state index is -1.32. The maximum Gasteiger partial charge on any atom is 0.200 e. The third-order valence-electron chi connectivity index (χ3n) is 7.66. The van der Waals surface area contributed by atoms with Crippen molar-refractivity contribution >= 4 is 11.1 Å². The van der Waals surface area contributed by atoms with E-state index in [1.54, 1.807) is 18.2 Å². The van der Waals surface area contributed by atoms with Crippen molar-refractivity contribution in [2.24, 2.45) is 0 Å². The minimum Gasteiger partial charge on any atom is -0.505 e. The number of benzene rings is 3. The topological polar surface area (TPSA) is 40.5 Å². The molecule has 3 aromatic rings. The molecule has 0 aliphatic heterocycles. The van der Waals surface area contributed by atoms with Crippen molar-refractivity contribution in [2.75, 3.05) is 0 Å². The summed E-state index contributed by atoms with van der Waals surface area (Å²) in [5.41, 5.74) is 1.63. The molecule has 0 heterocycles. The summed E-state index contributed by atoms with van der Waals surface area (Å²) >= 11 is 0. The van der Waals surface area contributed by atoms with Gasteiger partial charge in [0.2, 0.25) is 11.6 Å². The van der Waals surface area contributed by atoms with E-state index in [2.05, 4.69) is 0 Å². The lowest BCUT2D eigenvalue weighted by Crippen LogP contribution is -2.11. The van der Waals surface area contributed by atoms with Crippen LogP contribution in [0.5, 0.6) is 11.5 Å². The summed E-state index contributed by atoms with van der Waals surface area (Å²) in [5.74, 6) is -9.03. The average molecular weight is 531 g/mol. The molecule has 0 fully saturated rings. The van der Waals surface area contributed by atoms with Crippen LogP contribution in [0.15, 0.2) is 48.6 Å². The van der Waals surface area contributed by atoms with Gasteiger partial charge in [-0.25, -0.2) is 17.6 Å². The molecule has 2 aliphatic rings. The van der Waals surface area contributed by atoms with Gasteiger partial charge >= 0.3 is 0 Å². The van der Waals surface area contributed by atoms with Gasteiger partial charge < -0.3 is 10.2 Å². The van der Waals surface area contributed by atoms with Crippen LogP contribution in [0.4, 0.5) is 26.3 Å². The summed E-state index contributed by atoms with van der Waals surface area (Å²) in [6, 6.07) is 7.88. The third kappa shape index (κ3) is 4.57. The molecule has 198 valence electrons. The van der Waals surface area contributed by atoms with Crippen LogP contribution in [0.2, 0.25) is 0 Å². The van der Waals surface area contributed by atoms with Crippen molar-refractivity contribution in [3.63, 3.8) is 0 Å². The first-order chi connectivity index (χ1) is 18.2. The molecular formula is C30H24F6O2. The van der Waals surface area contributed by atoms with E-state index in [1.807, 2.05) is 0 Å². The Hall–Kier alpha value is -3.68. The van der Waals surface area contributed by atoms with Gasteiger partial charge in [-0.05, 0) is 90.8 Å². The molecule has 2 aliphatic carbocycles. The Bertz CT molecular complexity index is 1480. The van der Waals surface area contributed by atoms with Gasteiger partial charge in [0, 0.05) is 11.1 Å². The molecule has 0 radical (unpaired) electrons. The largest absolute Gasteiger partial charge is 0.505 e. The van der Waals surface area contributed by atoms with Crippen molar-refractivity contribution in [1.29, 1.82) is 0 Å². The number of phenols is 2. The second kappa shape index (κ2) is 10.2. The van der Waals surface area contributed by atoms with Crippen LogP contribution in [0.1, 0.15) is 72.6 Å². The quantitative estimate of drug-likeness (QED) is 0.332. The first-order valence-electron chi connectivity index (χ1n) is 12.4. The van der Waals surface area contributed by atoms with E-state index in [4.69, 9.17) is 0 Å². The SMILES string of the molecule is Oc1ccc(C2=CCC(c3ccc(C4=CCC(c5ccc(O)c(F)c5F)CC4)c(F)c3F)CC2)c(F)c1F. The average Bonchev–Trinajstić information content (AvgIpc) is 2.93. The minimum absolute atomic E-state index is 0.0400. The zero-order valence-corrected chi connectivity index (χ0v) is 20.2. The molecule has 8 heteroatoms. The normalized spacial score (nSPS) is 19.7. The standard InChI is InChI=1S/C30H24F6O2/c31-25-19(15-1-5-17(6-2-15)21-11-13-23(37)29(35)27(21)33)9-10-20(26(25)32)16-3-7-18(8-4-16)22-12-14-24(38)30(36)28(22)34/h1,7,9-14,16-17,37-38H,2-6,8H2. The molecule has 2 atom stereocenters. The molecule has 0 saturated heterocycles. The monoisotopic (exact) mass is 530 g/mol. The number of aromatic hydroxyl groups is 2. The Balaban J connectivity index is 1.33. The lowest BCUT2D eigenvalue weighted by atomic mass is 9.80. The molecule has 0 amide bonds. The predicted molar refractivity (Wildman–Crippen MR) is 132 cm³/mol. The van der Waals surface area contributed by atoms with Crippen LogP contribution in [0.3, 0.4) is 0 Å². The first-order valence-corrected chi connectivity index (χ1v) is 12.4. The Morgan fingerprint density at radius 1 is 0.500 bits per heavy atom. The van der Waals surface area contributed by atoms with E-state index in [0.29, 0.717) is 49.7 Å². The lowest BCUT2D eigenvalue weighted by molar-refractivity contribution is 0.400.